The summed E-state index contributed by atoms with van der Waals surface area (Å²) in [6.07, 6.45) is 39.6. The molecular weight excluding hydrogens is 472 g/mol. The molecule has 2 aliphatic heterocycles. The van der Waals surface area contributed by atoms with E-state index in [9.17, 15) is 0 Å². The summed E-state index contributed by atoms with van der Waals surface area (Å²) < 4.78 is 0. The van der Waals surface area contributed by atoms with E-state index >= 15 is 0 Å². The van der Waals surface area contributed by atoms with Crippen molar-refractivity contribution in [2.24, 2.45) is 11.8 Å². The van der Waals surface area contributed by atoms with Gasteiger partial charge in [0.25, 0.3) is 0 Å². The van der Waals surface area contributed by atoms with Crippen LogP contribution in [0.15, 0.2) is 0 Å². The maximum Gasteiger partial charge on any atom is -0.00161 e. The Bertz CT molecular complexity index is 446. The molecule has 0 bridgehead atoms. The minimum atomic E-state index is 1.03. The second-order valence-electron chi connectivity index (χ2n) is 13.9. The van der Waals surface area contributed by atoms with Crippen LogP contribution in [-0.4, -0.2) is 49.1 Å². The summed E-state index contributed by atoms with van der Waals surface area (Å²) in [6, 6.07) is 0. The van der Waals surface area contributed by atoms with Gasteiger partial charge in [-0.2, -0.15) is 0 Å². The maximum absolute atomic E-state index is 2.78. The molecule has 2 aliphatic rings. The SMILES string of the molecule is CCCCCCCCCCCCN1CCC(CCCC2CCN(CCCCCCCCCCCC)CC2)CC1. The Hall–Kier alpha value is -0.0800. The molecular formula is C37H74N2. The summed E-state index contributed by atoms with van der Waals surface area (Å²) in [5.41, 5.74) is 0. The van der Waals surface area contributed by atoms with Crippen LogP contribution in [0.1, 0.15) is 187 Å². The molecule has 2 rings (SSSR count). The second kappa shape index (κ2) is 25.6. The van der Waals surface area contributed by atoms with E-state index in [4.69, 9.17) is 0 Å². The first-order valence-corrected chi connectivity index (χ1v) is 18.8. The van der Waals surface area contributed by atoms with Crippen LogP contribution in [-0.2, 0) is 0 Å². The highest BCUT2D eigenvalue weighted by atomic mass is 15.1. The first-order chi connectivity index (χ1) is 19.3. The molecule has 0 amide bonds. The van der Waals surface area contributed by atoms with Crippen LogP contribution in [0.4, 0.5) is 0 Å². The van der Waals surface area contributed by atoms with Crippen LogP contribution in [0.5, 0.6) is 0 Å². The summed E-state index contributed by atoms with van der Waals surface area (Å²) in [7, 11) is 0. The largest absolute Gasteiger partial charge is 0.303 e. The Morgan fingerprint density at radius 1 is 0.359 bits per heavy atom. The molecule has 2 nitrogen and oxygen atoms in total. The van der Waals surface area contributed by atoms with Crippen molar-refractivity contribution in [3.05, 3.63) is 0 Å². The molecule has 0 N–H and O–H groups in total. The molecule has 0 atom stereocenters. The summed E-state index contributed by atoms with van der Waals surface area (Å²) in [5, 5.41) is 0. The van der Waals surface area contributed by atoms with Gasteiger partial charge in [-0.05, 0) is 89.6 Å². The van der Waals surface area contributed by atoms with E-state index in [1.807, 2.05) is 0 Å². The fraction of sp³-hybridized carbons (Fsp3) is 1.00. The fourth-order valence-corrected chi connectivity index (χ4v) is 7.34. The molecule has 0 unspecified atom stereocenters. The van der Waals surface area contributed by atoms with Gasteiger partial charge in [-0.15, -0.1) is 0 Å². The van der Waals surface area contributed by atoms with Gasteiger partial charge in [0.05, 0.1) is 0 Å². The zero-order chi connectivity index (χ0) is 27.6. The zero-order valence-electron chi connectivity index (χ0n) is 27.4. The Kier molecular flexibility index (Phi) is 23.1. The van der Waals surface area contributed by atoms with Gasteiger partial charge in [-0.1, -0.05) is 149 Å². The van der Waals surface area contributed by atoms with E-state index < -0.39 is 0 Å². The molecule has 0 spiro atoms. The van der Waals surface area contributed by atoms with Gasteiger partial charge in [0.2, 0.25) is 0 Å². The van der Waals surface area contributed by atoms with Crippen molar-refractivity contribution in [3.8, 4) is 0 Å². The first kappa shape index (κ1) is 35.1. The van der Waals surface area contributed by atoms with E-state index in [0.717, 1.165) is 11.8 Å². The third kappa shape index (κ3) is 19.6. The zero-order valence-corrected chi connectivity index (χ0v) is 27.4. The topological polar surface area (TPSA) is 6.48 Å². The van der Waals surface area contributed by atoms with Crippen molar-refractivity contribution in [2.75, 3.05) is 39.3 Å². The van der Waals surface area contributed by atoms with E-state index in [0.29, 0.717) is 0 Å². The van der Waals surface area contributed by atoms with Gasteiger partial charge in [0, 0.05) is 0 Å². The molecule has 232 valence electrons. The van der Waals surface area contributed by atoms with Gasteiger partial charge in [0.1, 0.15) is 0 Å². The highest BCUT2D eigenvalue weighted by Crippen LogP contribution is 2.27. The number of nitrogens with zero attached hydrogens (tertiary/aromatic N) is 2. The van der Waals surface area contributed by atoms with Crippen LogP contribution in [0.2, 0.25) is 0 Å². The smallest absolute Gasteiger partial charge is 0.00161 e. The van der Waals surface area contributed by atoms with Gasteiger partial charge >= 0.3 is 0 Å². The minimum absolute atomic E-state index is 1.03. The third-order valence-electron chi connectivity index (χ3n) is 10.3. The molecule has 2 heterocycles. The molecule has 0 aliphatic carbocycles. The van der Waals surface area contributed by atoms with E-state index in [2.05, 4.69) is 23.6 Å². The van der Waals surface area contributed by atoms with Crippen LogP contribution >= 0.6 is 0 Å². The van der Waals surface area contributed by atoms with Crippen molar-refractivity contribution in [1.82, 2.24) is 9.80 Å². The fourth-order valence-electron chi connectivity index (χ4n) is 7.34. The molecule has 0 radical (unpaired) electrons. The lowest BCUT2D eigenvalue weighted by atomic mass is 9.87. The number of piperidine rings is 2. The third-order valence-corrected chi connectivity index (χ3v) is 10.3. The normalized spacial score (nSPS) is 18.3. The minimum Gasteiger partial charge on any atom is -0.303 e. The molecule has 0 aromatic rings. The Balaban J connectivity index is 1.33. The van der Waals surface area contributed by atoms with Gasteiger partial charge in [-0.25, -0.2) is 0 Å². The van der Waals surface area contributed by atoms with E-state index in [-0.39, 0.29) is 0 Å². The Labute approximate surface area is 247 Å². The van der Waals surface area contributed by atoms with Crippen molar-refractivity contribution < 1.29 is 0 Å². The van der Waals surface area contributed by atoms with Crippen molar-refractivity contribution >= 4 is 0 Å². The van der Waals surface area contributed by atoms with Gasteiger partial charge in [0.15, 0.2) is 0 Å². The molecule has 2 saturated heterocycles. The van der Waals surface area contributed by atoms with Crippen molar-refractivity contribution in [3.63, 3.8) is 0 Å². The highest BCUT2D eigenvalue weighted by molar-refractivity contribution is 4.75. The van der Waals surface area contributed by atoms with Crippen LogP contribution in [0.3, 0.4) is 0 Å². The lowest BCUT2D eigenvalue weighted by Crippen LogP contribution is -2.35. The predicted molar refractivity (Wildman–Crippen MR) is 176 cm³/mol. The van der Waals surface area contributed by atoms with Crippen molar-refractivity contribution in [2.45, 2.75) is 187 Å². The standard InChI is InChI=1S/C37H74N2/c1-3-5-7-9-11-13-15-17-19-21-30-38-32-26-36(27-33-38)24-23-25-37-28-34-39(35-29-37)31-22-20-18-16-14-12-10-8-6-4-2/h36-37H,3-35H2,1-2H3. The Morgan fingerprint density at radius 3 is 0.949 bits per heavy atom. The molecule has 0 aromatic carbocycles. The quantitative estimate of drug-likeness (QED) is 0.0995. The predicted octanol–water partition coefficient (Wildman–Crippen LogP) is 11.4. The average molecular weight is 547 g/mol. The van der Waals surface area contributed by atoms with E-state index in [1.165, 1.54) is 213 Å². The number of hydrogen-bond acceptors (Lipinski definition) is 2. The van der Waals surface area contributed by atoms with Crippen molar-refractivity contribution in [1.29, 1.82) is 0 Å². The van der Waals surface area contributed by atoms with Crippen LogP contribution in [0.25, 0.3) is 0 Å². The molecule has 39 heavy (non-hydrogen) atoms. The number of unbranched alkanes of at least 4 members (excludes halogenated alkanes) is 18. The summed E-state index contributed by atoms with van der Waals surface area (Å²) in [6.45, 7) is 12.9. The summed E-state index contributed by atoms with van der Waals surface area (Å²) in [4.78, 5) is 5.57. The first-order valence-electron chi connectivity index (χ1n) is 18.8. The summed E-state index contributed by atoms with van der Waals surface area (Å²) >= 11 is 0. The number of rotatable bonds is 26. The van der Waals surface area contributed by atoms with Crippen LogP contribution < -0.4 is 0 Å². The highest BCUT2D eigenvalue weighted by Gasteiger charge is 2.21. The average Bonchev–Trinajstić information content (AvgIpc) is 2.96. The number of likely N-dealkylation sites (tertiary alicyclic amines) is 2. The maximum atomic E-state index is 2.78. The molecule has 0 saturated carbocycles. The Morgan fingerprint density at radius 2 is 0.641 bits per heavy atom. The summed E-state index contributed by atoms with van der Waals surface area (Å²) in [5.74, 6) is 2.07. The molecule has 2 fully saturated rings. The van der Waals surface area contributed by atoms with Crippen LogP contribution in [0, 0.1) is 11.8 Å². The van der Waals surface area contributed by atoms with Gasteiger partial charge < -0.3 is 9.80 Å². The van der Waals surface area contributed by atoms with Gasteiger partial charge in [-0.3, -0.25) is 0 Å². The second-order valence-corrected chi connectivity index (χ2v) is 13.9. The molecule has 0 aromatic heterocycles. The molecule has 2 heteroatoms. The lowest BCUT2D eigenvalue weighted by Gasteiger charge is -2.33. The number of hydrogen-bond donors (Lipinski definition) is 0. The lowest BCUT2D eigenvalue weighted by molar-refractivity contribution is 0.160. The monoisotopic (exact) mass is 547 g/mol. The van der Waals surface area contributed by atoms with E-state index in [1.54, 1.807) is 0 Å².